The predicted molar refractivity (Wildman–Crippen MR) is 73.6 cm³/mol. The summed E-state index contributed by atoms with van der Waals surface area (Å²) in [6.07, 6.45) is 0. The number of nitrogens with zero attached hydrogens (tertiary/aromatic N) is 2. The molecule has 2 aliphatic heterocycles. The average molecular weight is 275 g/mol. The SMILES string of the molecule is Cc1c(C(=O)N2CC3CNCC3C2)cccc1[N+](=O)[O-]. The molecule has 6 heteroatoms. The number of rotatable bonds is 2. The molecule has 2 saturated heterocycles. The number of carbonyl (C=O) groups is 1. The lowest BCUT2D eigenvalue weighted by Crippen LogP contribution is -2.32. The second kappa shape index (κ2) is 4.86. The first-order valence-corrected chi connectivity index (χ1v) is 6.82. The summed E-state index contributed by atoms with van der Waals surface area (Å²) < 4.78 is 0. The molecule has 20 heavy (non-hydrogen) atoms. The standard InChI is InChI=1S/C14H17N3O3/c1-9-12(3-2-4-13(9)17(19)20)14(18)16-7-10-5-15-6-11(10)8-16/h2-4,10-11,15H,5-8H2,1H3. The number of nitro groups is 1. The Labute approximate surface area is 116 Å². The van der Waals surface area contributed by atoms with Crippen molar-refractivity contribution in [1.29, 1.82) is 0 Å². The molecule has 0 saturated carbocycles. The number of carbonyl (C=O) groups excluding carboxylic acids is 1. The van der Waals surface area contributed by atoms with Crippen molar-refractivity contribution in [2.24, 2.45) is 11.8 Å². The van der Waals surface area contributed by atoms with Gasteiger partial charge in [0.05, 0.1) is 4.92 Å². The molecule has 1 aromatic rings. The van der Waals surface area contributed by atoms with E-state index < -0.39 is 4.92 Å². The quantitative estimate of drug-likeness (QED) is 0.650. The summed E-state index contributed by atoms with van der Waals surface area (Å²) in [4.78, 5) is 24.9. The Morgan fingerprint density at radius 2 is 2.00 bits per heavy atom. The molecule has 2 heterocycles. The van der Waals surface area contributed by atoms with Crippen LogP contribution in [0.4, 0.5) is 5.69 Å². The van der Waals surface area contributed by atoms with E-state index in [1.165, 1.54) is 6.07 Å². The molecule has 2 unspecified atom stereocenters. The summed E-state index contributed by atoms with van der Waals surface area (Å²) in [6.45, 7) is 5.06. The van der Waals surface area contributed by atoms with Gasteiger partial charge in [-0.1, -0.05) is 6.07 Å². The monoisotopic (exact) mass is 275 g/mol. The maximum atomic E-state index is 12.6. The van der Waals surface area contributed by atoms with Crippen LogP contribution in [0.15, 0.2) is 18.2 Å². The Balaban J connectivity index is 1.85. The van der Waals surface area contributed by atoms with Gasteiger partial charge in [0, 0.05) is 43.4 Å². The van der Waals surface area contributed by atoms with Gasteiger partial charge in [0.25, 0.3) is 11.6 Å². The lowest BCUT2D eigenvalue weighted by atomic mass is 10.0. The van der Waals surface area contributed by atoms with Crippen LogP contribution in [0.3, 0.4) is 0 Å². The summed E-state index contributed by atoms with van der Waals surface area (Å²) in [6, 6.07) is 4.70. The Morgan fingerprint density at radius 1 is 1.35 bits per heavy atom. The summed E-state index contributed by atoms with van der Waals surface area (Å²) >= 11 is 0. The largest absolute Gasteiger partial charge is 0.338 e. The van der Waals surface area contributed by atoms with Gasteiger partial charge in [-0.25, -0.2) is 0 Å². The van der Waals surface area contributed by atoms with Gasteiger partial charge in [-0.3, -0.25) is 14.9 Å². The van der Waals surface area contributed by atoms with E-state index >= 15 is 0 Å². The third-order valence-corrected chi connectivity index (χ3v) is 4.41. The van der Waals surface area contributed by atoms with Gasteiger partial charge in [-0.15, -0.1) is 0 Å². The summed E-state index contributed by atoms with van der Waals surface area (Å²) in [5.74, 6) is 0.969. The molecule has 1 aromatic carbocycles. The van der Waals surface area contributed by atoms with E-state index in [4.69, 9.17) is 0 Å². The zero-order valence-corrected chi connectivity index (χ0v) is 11.3. The highest BCUT2D eigenvalue weighted by molar-refractivity contribution is 5.96. The second-order valence-corrected chi connectivity index (χ2v) is 5.60. The van der Waals surface area contributed by atoms with E-state index in [9.17, 15) is 14.9 Å². The van der Waals surface area contributed by atoms with Crippen LogP contribution in [0, 0.1) is 28.9 Å². The van der Waals surface area contributed by atoms with Crippen molar-refractivity contribution < 1.29 is 9.72 Å². The Morgan fingerprint density at radius 3 is 2.60 bits per heavy atom. The van der Waals surface area contributed by atoms with Crippen LogP contribution < -0.4 is 5.32 Å². The van der Waals surface area contributed by atoms with Crippen molar-refractivity contribution in [1.82, 2.24) is 10.2 Å². The number of nitrogens with one attached hydrogen (secondary N) is 1. The van der Waals surface area contributed by atoms with Gasteiger partial charge in [-0.2, -0.15) is 0 Å². The van der Waals surface area contributed by atoms with Gasteiger partial charge in [0.15, 0.2) is 0 Å². The molecule has 2 aliphatic rings. The zero-order chi connectivity index (χ0) is 14.3. The molecule has 1 N–H and O–H groups in total. The third-order valence-electron chi connectivity index (χ3n) is 4.41. The summed E-state index contributed by atoms with van der Waals surface area (Å²) in [5.41, 5.74) is 0.918. The maximum Gasteiger partial charge on any atom is 0.273 e. The normalized spacial score (nSPS) is 24.8. The number of likely N-dealkylation sites (tertiary alicyclic amines) is 1. The summed E-state index contributed by atoms with van der Waals surface area (Å²) in [7, 11) is 0. The minimum Gasteiger partial charge on any atom is -0.338 e. The molecule has 0 spiro atoms. The van der Waals surface area contributed by atoms with Crippen molar-refractivity contribution in [3.05, 3.63) is 39.4 Å². The predicted octanol–water partition coefficient (Wildman–Crippen LogP) is 1.19. The van der Waals surface area contributed by atoms with Crippen LogP contribution in [0.2, 0.25) is 0 Å². The minimum absolute atomic E-state index is 0.0110. The first-order valence-electron chi connectivity index (χ1n) is 6.82. The molecular weight excluding hydrogens is 258 g/mol. The molecule has 2 fully saturated rings. The molecule has 106 valence electrons. The lowest BCUT2D eigenvalue weighted by Gasteiger charge is -2.18. The molecule has 0 aliphatic carbocycles. The first-order chi connectivity index (χ1) is 9.58. The van der Waals surface area contributed by atoms with Gasteiger partial charge in [-0.05, 0) is 24.8 Å². The number of fused-ring (bicyclic) bond motifs is 1. The number of nitro benzene ring substituents is 1. The average Bonchev–Trinajstić information content (AvgIpc) is 2.98. The number of hydrogen-bond acceptors (Lipinski definition) is 4. The molecule has 0 radical (unpaired) electrons. The highest BCUT2D eigenvalue weighted by Crippen LogP contribution is 2.29. The van der Waals surface area contributed by atoms with Gasteiger partial charge < -0.3 is 10.2 Å². The molecule has 3 rings (SSSR count). The smallest absolute Gasteiger partial charge is 0.273 e. The van der Waals surface area contributed by atoms with Crippen molar-refractivity contribution >= 4 is 11.6 Å². The van der Waals surface area contributed by atoms with Gasteiger partial charge in [0.1, 0.15) is 0 Å². The minimum atomic E-state index is -0.436. The van der Waals surface area contributed by atoms with E-state index in [1.807, 2.05) is 4.90 Å². The number of benzene rings is 1. The van der Waals surface area contributed by atoms with Crippen LogP contribution in [-0.4, -0.2) is 41.9 Å². The van der Waals surface area contributed by atoms with Crippen LogP contribution in [-0.2, 0) is 0 Å². The van der Waals surface area contributed by atoms with Crippen molar-refractivity contribution in [2.45, 2.75) is 6.92 Å². The van der Waals surface area contributed by atoms with Crippen molar-refractivity contribution in [3.8, 4) is 0 Å². The van der Waals surface area contributed by atoms with Gasteiger partial charge in [0.2, 0.25) is 0 Å². The third kappa shape index (κ3) is 2.06. The highest BCUT2D eigenvalue weighted by Gasteiger charge is 2.38. The number of hydrogen-bond donors (Lipinski definition) is 1. The molecule has 6 nitrogen and oxygen atoms in total. The second-order valence-electron chi connectivity index (χ2n) is 5.60. The lowest BCUT2D eigenvalue weighted by molar-refractivity contribution is -0.385. The Kier molecular flexibility index (Phi) is 3.17. The van der Waals surface area contributed by atoms with Crippen LogP contribution in [0.1, 0.15) is 15.9 Å². The van der Waals surface area contributed by atoms with Crippen molar-refractivity contribution in [3.63, 3.8) is 0 Å². The number of amides is 1. The fraction of sp³-hybridized carbons (Fsp3) is 0.500. The highest BCUT2D eigenvalue weighted by atomic mass is 16.6. The molecule has 0 aromatic heterocycles. The molecule has 1 amide bonds. The van der Waals surface area contributed by atoms with E-state index in [2.05, 4.69) is 5.32 Å². The van der Waals surface area contributed by atoms with Gasteiger partial charge >= 0.3 is 0 Å². The van der Waals surface area contributed by atoms with Crippen LogP contribution in [0.25, 0.3) is 0 Å². The van der Waals surface area contributed by atoms with Crippen LogP contribution >= 0.6 is 0 Å². The van der Waals surface area contributed by atoms with E-state index in [0.717, 1.165) is 26.2 Å². The Hall–Kier alpha value is -1.95. The topological polar surface area (TPSA) is 75.5 Å². The van der Waals surface area contributed by atoms with E-state index in [-0.39, 0.29) is 11.6 Å². The van der Waals surface area contributed by atoms with Crippen molar-refractivity contribution in [2.75, 3.05) is 26.2 Å². The summed E-state index contributed by atoms with van der Waals surface area (Å²) in [5, 5.41) is 14.3. The molecule has 0 bridgehead atoms. The first kappa shape index (κ1) is 13.1. The van der Waals surface area contributed by atoms with Crippen LogP contribution in [0.5, 0.6) is 0 Å². The maximum absolute atomic E-state index is 12.6. The van der Waals surface area contributed by atoms with E-state index in [1.54, 1.807) is 19.1 Å². The fourth-order valence-electron chi connectivity index (χ4n) is 3.24. The van der Waals surface area contributed by atoms with E-state index in [0.29, 0.717) is 23.0 Å². The molecular formula is C14H17N3O3. The molecule has 2 atom stereocenters. The Bertz CT molecular complexity index is 561. The zero-order valence-electron chi connectivity index (χ0n) is 11.3. The fourth-order valence-corrected chi connectivity index (χ4v) is 3.24.